The number of aromatic nitrogens is 3. The molecule has 1 aliphatic rings. The van der Waals surface area contributed by atoms with Crippen LogP contribution >= 0.6 is 11.8 Å². The molecular formula is C24H18N6OS. The number of hydrogen-bond donors (Lipinski definition) is 0. The number of benzene rings is 1. The number of nitrogens with zero attached hydrogens (tertiary/aromatic N) is 6. The van der Waals surface area contributed by atoms with E-state index >= 15 is 0 Å². The monoisotopic (exact) mass is 438 g/mol. The van der Waals surface area contributed by atoms with Gasteiger partial charge in [-0.25, -0.2) is 9.50 Å². The van der Waals surface area contributed by atoms with Crippen LogP contribution in [0.1, 0.15) is 11.1 Å². The van der Waals surface area contributed by atoms with Gasteiger partial charge in [-0.1, -0.05) is 23.9 Å². The summed E-state index contributed by atoms with van der Waals surface area (Å²) >= 11 is 1.46. The molecule has 8 heteroatoms. The predicted molar refractivity (Wildman–Crippen MR) is 121 cm³/mol. The highest BCUT2D eigenvalue weighted by Crippen LogP contribution is 2.37. The number of hydrogen-bond acceptors (Lipinski definition) is 7. The maximum atomic E-state index is 9.57. The molecule has 32 heavy (non-hydrogen) atoms. The third-order valence-corrected chi connectivity index (χ3v) is 6.45. The summed E-state index contributed by atoms with van der Waals surface area (Å²) in [5.74, 6) is 0.932. The van der Waals surface area contributed by atoms with Gasteiger partial charge in [0.05, 0.1) is 36.1 Å². The van der Waals surface area contributed by atoms with Crippen LogP contribution in [0.3, 0.4) is 0 Å². The van der Waals surface area contributed by atoms with E-state index in [0.29, 0.717) is 24.3 Å². The van der Waals surface area contributed by atoms with Gasteiger partial charge < -0.3 is 9.64 Å². The Kier molecular flexibility index (Phi) is 5.47. The highest BCUT2D eigenvalue weighted by Gasteiger charge is 2.16. The maximum Gasteiger partial charge on any atom is 0.128 e. The van der Waals surface area contributed by atoms with E-state index in [2.05, 4.69) is 27.1 Å². The van der Waals surface area contributed by atoms with E-state index in [0.717, 1.165) is 45.3 Å². The molecule has 0 amide bonds. The second kappa shape index (κ2) is 8.72. The standard InChI is InChI=1S/C24H18N6OS/c25-12-17-3-1-2-4-21(17)32-22-11-19(16-30-24(22)20(13-26)15-28-30)18-5-6-23(27-14-18)29-7-9-31-10-8-29/h1-6,11,14-16H,7-10H2. The number of pyridine rings is 2. The van der Waals surface area contributed by atoms with Crippen LogP contribution in [0.5, 0.6) is 0 Å². The van der Waals surface area contributed by atoms with Gasteiger partial charge in [-0.15, -0.1) is 0 Å². The van der Waals surface area contributed by atoms with E-state index in [-0.39, 0.29) is 0 Å². The molecule has 0 N–H and O–H groups in total. The fraction of sp³-hybridized carbons (Fsp3) is 0.167. The van der Waals surface area contributed by atoms with Crippen molar-refractivity contribution in [3.8, 4) is 23.3 Å². The second-order valence-electron chi connectivity index (χ2n) is 7.27. The molecule has 0 spiro atoms. The summed E-state index contributed by atoms with van der Waals surface area (Å²) in [6.45, 7) is 3.10. The number of rotatable bonds is 4. The summed E-state index contributed by atoms with van der Waals surface area (Å²) in [7, 11) is 0. The van der Waals surface area contributed by atoms with Gasteiger partial charge in [-0.2, -0.15) is 15.6 Å². The van der Waals surface area contributed by atoms with Gasteiger partial charge in [0, 0.05) is 46.4 Å². The number of anilines is 1. The van der Waals surface area contributed by atoms with Crippen molar-refractivity contribution in [3.05, 3.63) is 72.2 Å². The molecule has 0 atom stereocenters. The smallest absolute Gasteiger partial charge is 0.128 e. The van der Waals surface area contributed by atoms with Gasteiger partial charge in [0.15, 0.2) is 0 Å². The molecule has 4 heterocycles. The Balaban J connectivity index is 1.56. The second-order valence-corrected chi connectivity index (χ2v) is 8.35. The Morgan fingerprint density at radius 2 is 1.72 bits per heavy atom. The van der Waals surface area contributed by atoms with Crippen molar-refractivity contribution in [2.75, 3.05) is 31.2 Å². The Morgan fingerprint density at radius 1 is 0.906 bits per heavy atom. The maximum absolute atomic E-state index is 9.57. The molecule has 4 aromatic rings. The molecule has 0 unspecified atom stereocenters. The number of ether oxygens (including phenoxy) is 1. The highest BCUT2D eigenvalue weighted by atomic mass is 32.2. The van der Waals surface area contributed by atoms with Gasteiger partial charge in [-0.05, 0) is 30.3 Å². The van der Waals surface area contributed by atoms with Crippen LogP contribution in [0, 0.1) is 22.7 Å². The normalized spacial score (nSPS) is 13.6. The van der Waals surface area contributed by atoms with Crippen LogP contribution < -0.4 is 4.90 Å². The summed E-state index contributed by atoms with van der Waals surface area (Å²) in [5, 5.41) is 23.4. The van der Waals surface area contributed by atoms with Crippen LogP contribution in [-0.2, 0) is 4.74 Å². The fourth-order valence-electron chi connectivity index (χ4n) is 3.70. The van der Waals surface area contributed by atoms with Crippen LogP contribution in [0.4, 0.5) is 5.82 Å². The molecule has 0 aliphatic carbocycles. The Hall–Kier alpha value is -3.85. The molecule has 0 radical (unpaired) electrons. The molecule has 3 aromatic heterocycles. The van der Waals surface area contributed by atoms with E-state index in [1.54, 1.807) is 16.8 Å². The summed E-state index contributed by atoms with van der Waals surface area (Å²) in [6, 6.07) is 18.0. The first-order valence-electron chi connectivity index (χ1n) is 10.1. The zero-order valence-electron chi connectivity index (χ0n) is 17.1. The van der Waals surface area contributed by atoms with E-state index in [4.69, 9.17) is 4.74 Å². The average Bonchev–Trinajstić information content (AvgIpc) is 3.28. The van der Waals surface area contributed by atoms with Crippen molar-refractivity contribution in [3.63, 3.8) is 0 Å². The Bertz CT molecular complexity index is 1360. The van der Waals surface area contributed by atoms with Crippen molar-refractivity contribution < 1.29 is 4.74 Å². The van der Waals surface area contributed by atoms with Gasteiger partial charge in [-0.3, -0.25) is 0 Å². The molecule has 1 fully saturated rings. The fourth-order valence-corrected chi connectivity index (χ4v) is 4.80. The number of fused-ring (bicyclic) bond motifs is 1. The predicted octanol–water partition coefficient (Wildman–Crippen LogP) is 4.13. The largest absolute Gasteiger partial charge is 0.378 e. The first-order chi connectivity index (χ1) is 15.8. The van der Waals surface area contributed by atoms with Crippen molar-refractivity contribution in [1.29, 1.82) is 10.5 Å². The lowest BCUT2D eigenvalue weighted by molar-refractivity contribution is 0.122. The molecule has 7 nitrogen and oxygen atoms in total. The summed E-state index contributed by atoms with van der Waals surface area (Å²) < 4.78 is 7.14. The Morgan fingerprint density at radius 3 is 2.47 bits per heavy atom. The molecule has 0 bridgehead atoms. The molecule has 1 aromatic carbocycles. The molecule has 1 saturated heterocycles. The third kappa shape index (κ3) is 3.78. The van der Waals surface area contributed by atoms with Gasteiger partial charge in [0.2, 0.25) is 0 Å². The van der Waals surface area contributed by atoms with Crippen molar-refractivity contribution in [2.24, 2.45) is 0 Å². The average molecular weight is 439 g/mol. The topological polar surface area (TPSA) is 90.2 Å². The van der Waals surface area contributed by atoms with Crippen molar-refractivity contribution >= 4 is 23.1 Å². The lowest BCUT2D eigenvalue weighted by Crippen LogP contribution is -2.36. The minimum Gasteiger partial charge on any atom is -0.378 e. The van der Waals surface area contributed by atoms with Crippen molar-refractivity contribution in [2.45, 2.75) is 9.79 Å². The zero-order valence-corrected chi connectivity index (χ0v) is 17.9. The van der Waals surface area contributed by atoms with Crippen LogP contribution in [0.25, 0.3) is 16.6 Å². The molecule has 0 saturated carbocycles. The highest BCUT2D eigenvalue weighted by molar-refractivity contribution is 7.99. The third-order valence-electron chi connectivity index (χ3n) is 5.34. The number of morpholine rings is 1. The number of nitriles is 2. The zero-order chi connectivity index (χ0) is 21.9. The van der Waals surface area contributed by atoms with E-state index < -0.39 is 0 Å². The van der Waals surface area contributed by atoms with Crippen LogP contribution in [-0.4, -0.2) is 40.9 Å². The first-order valence-corrected chi connectivity index (χ1v) is 11.0. The lowest BCUT2D eigenvalue weighted by Gasteiger charge is -2.27. The minimum absolute atomic E-state index is 0.495. The summed E-state index contributed by atoms with van der Waals surface area (Å²) in [4.78, 5) is 8.56. The van der Waals surface area contributed by atoms with Gasteiger partial charge in [0.1, 0.15) is 18.0 Å². The molecular weight excluding hydrogens is 420 g/mol. The summed E-state index contributed by atoms with van der Waals surface area (Å²) in [5.41, 5.74) is 3.70. The van der Waals surface area contributed by atoms with Crippen LogP contribution in [0.2, 0.25) is 0 Å². The van der Waals surface area contributed by atoms with Crippen LogP contribution in [0.15, 0.2) is 70.8 Å². The molecule has 5 rings (SSSR count). The molecule has 1 aliphatic heterocycles. The quantitative estimate of drug-likeness (QED) is 0.473. The van der Waals surface area contributed by atoms with E-state index in [1.165, 1.54) is 11.8 Å². The van der Waals surface area contributed by atoms with Crippen molar-refractivity contribution in [1.82, 2.24) is 14.6 Å². The summed E-state index contributed by atoms with van der Waals surface area (Å²) in [6.07, 6.45) is 5.33. The van der Waals surface area contributed by atoms with Gasteiger partial charge in [0.25, 0.3) is 0 Å². The van der Waals surface area contributed by atoms with Gasteiger partial charge >= 0.3 is 0 Å². The van der Waals surface area contributed by atoms with E-state index in [9.17, 15) is 10.5 Å². The lowest BCUT2D eigenvalue weighted by atomic mass is 10.1. The van der Waals surface area contributed by atoms with E-state index in [1.807, 2.05) is 48.8 Å². The molecule has 156 valence electrons. The SMILES string of the molecule is N#Cc1ccccc1Sc1cc(-c2ccc(N3CCOCC3)nc2)cn2ncc(C#N)c12. The minimum atomic E-state index is 0.495. The first kappa shape index (κ1) is 20.1. The Labute approximate surface area is 189 Å².